The van der Waals surface area contributed by atoms with Crippen molar-refractivity contribution in [1.29, 1.82) is 0 Å². The number of carboxylic acids is 1. The second kappa shape index (κ2) is 8.08. The first kappa shape index (κ1) is 18.4. The Morgan fingerprint density at radius 2 is 2.05 bits per heavy atom. The molecule has 1 saturated heterocycles. The van der Waals surface area contributed by atoms with E-state index in [1.165, 1.54) is 4.90 Å². The molecule has 0 amide bonds. The van der Waals surface area contributed by atoms with E-state index in [1.807, 2.05) is 0 Å². The number of hydrogen-bond donors (Lipinski definition) is 4. The number of rotatable bonds is 9. The maximum absolute atomic E-state index is 11.2. The van der Waals surface area contributed by atoms with E-state index < -0.39 is 17.8 Å². The van der Waals surface area contributed by atoms with Crippen LogP contribution < -0.4 is 0 Å². The molecule has 4 N–H and O–H groups in total. The summed E-state index contributed by atoms with van der Waals surface area (Å²) in [5.41, 5.74) is -2.14. The fourth-order valence-corrected chi connectivity index (χ4v) is 3.11. The number of unbranched alkanes of at least 4 members (excludes halogenated alkanes) is 1. The van der Waals surface area contributed by atoms with Gasteiger partial charge in [-0.1, -0.05) is 20.3 Å². The van der Waals surface area contributed by atoms with E-state index in [1.54, 1.807) is 0 Å². The molecule has 1 aliphatic heterocycles. The first-order valence-corrected chi connectivity index (χ1v) is 7.82. The molecule has 1 rings (SSSR count). The number of carbonyl (C=O) groups is 1. The monoisotopic (exact) mass is 303 g/mol. The minimum atomic E-state index is -2.14. The highest BCUT2D eigenvalue weighted by Crippen LogP contribution is 2.28. The molecule has 0 aliphatic carbocycles. The van der Waals surface area contributed by atoms with Crippen LogP contribution in [0.25, 0.3) is 0 Å². The van der Waals surface area contributed by atoms with Gasteiger partial charge in [0.05, 0.1) is 0 Å². The summed E-state index contributed by atoms with van der Waals surface area (Å²) in [7, 11) is 0. The third kappa shape index (κ3) is 4.64. The lowest BCUT2D eigenvalue weighted by Gasteiger charge is -2.31. The Labute approximate surface area is 126 Å². The summed E-state index contributed by atoms with van der Waals surface area (Å²) in [6, 6.07) is 0. The Balaban J connectivity index is 2.37. The first-order chi connectivity index (χ1) is 9.82. The largest absolute Gasteiger partial charge is 0.478 e. The molecule has 0 radical (unpaired) electrons. The lowest BCUT2D eigenvalue weighted by atomic mass is 9.93. The van der Waals surface area contributed by atoms with Crippen LogP contribution in [0.4, 0.5) is 0 Å². The van der Waals surface area contributed by atoms with E-state index in [9.17, 15) is 20.1 Å². The molecular weight excluding hydrogens is 274 g/mol. The molecule has 0 aromatic carbocycles. The molecule has 3 atom stereocenters. The number of likely N-dealkylation sites (tertiary alicyclic amines) is 1. The molecule has 1 heterocycles. The second-order valence-corrected chi connectivity index (χ2v) is 6.50. The Kier molecular flexibility index (Phi) is 7.06. The summed E-state index contributed by atoms with van der Waals surface area (Å²) in [6.45, 7) is 5.27. The van der Waals surface area contributed by atoms with Gasteiger partial charge < -0.3 is 20.4 Å². The molecule has 1 aliphatic rings. The number of nitrogens with zero attached hydrogens (tertiary/aromatic N) is 1. The fourth-order valence-electron chi connectivity index (χ4n) is 3.11. The maximum Gasteiger partial charge on any atom is 0.354 e. The van der Waals surface area contributed by atoms with Crippen LogP contribution in [-0.2, 0) is 4.79 Å². The molecule has 3 unspecified atom stereocenters. The lowest BCUT2D eigenvalue weighted by Crippen LogP contribution is -2.56. The van der Waals surface area contributed by atoms with Crippen LogP contribution in [0, 0.1) is 11.8 Å². The summed E-state index contributed by atoms with van der Waals surface area (Å²) in [4.78, 5) is 12.6. The third-order valence-electron chi connectivity index (χ3n) is 4.29. The number of carboxylic acid groups (broad SMARTS) is 1. The zero-order chi connectivity index (χ0) is 16.0. The van der Waals surface area contributed by atoms with Gasteiger partial charge in [0.1, 0.15) is 6.10 Å². The number of hydrogen-bond acceptors (Lipinski definition) is 5. The molecule has 0 saturated carbocycles. The highest BCUT2D eigenvalue weighted by molar-refractivity contribution is 5.77. The highest BCUT2D eigenvalue weighted by atomic mass is 16.4. The maximum atomic E-state index is 11.2. The average molecular weight is 303 g/mol. The lowest BCUT2D eigenvalue weighted by molar-refractivity contribution is -0.192. The smallest absolute Gasteiger partial charge is 0.354 e. The van der Waals surface area contributed by atoms with Crippen molar-refractivity contribution in [1.82, 2.24) is 4.90 Å². The second-order valence-electron chi connectivity index (χ2n) is 6.50. The normalized spacial score (nSPS) is 28.2. The highest BCUT2D eigenvalue weighted by Gasteiger charge is 2.52. The molecule has 1 fully saturated rings. The van der Waals surface area contributed by atoms with Crippen molar-refractivity contribution in [3.63, 3.8) is 0 Å². The third-order valence-corrected chi connectivity index (χ3v) is 4.29. The molecule has 0 aromatic heterocycles. The van der Waals surface area contributed by atoms with Gasteiger partial charge in [0.2, 0.25) is 5.72 Å². The molecule has 6 nitrogen and oxygen atoms in total. The van der Waals surface area contributed by atoms with Crippen molar-refractivity contribution in [3.8, 4) is 0 Å². The van der Waals surface area contributed by atoms with Gasteiger partial charge in [-0.2, -0.15) is 0 Å². The summed E-state index contributed by atoms with van der Waals surface area (Å²) < 4.78 is 0. The molecule has 0 aromatic rings. The van der Waals surface area contributed by atoms with E-state index in [0.29, 0.717) is 19.0 Å². The molecule has 124 valence electrons. The van der Waals surface area contributed by atoms with Gasteiger partial charge in [0.25, 0.3) is 0 Å². The van der Waals surface area contributed by atoms with Crippen molar-refractivity contribution < 1.29 is 25.2 Å². The zero-order valence-electron chi connectivity index (χ0n) is 13.0. The van der Waals surface area contributed by atoms with Crippen molar-refractivity contribution >= 4 is 5.97 Å². The number of aliphatic hydroxyl groups is 3. The predicted octanol–water partition coefficient (Wildman–Crippen LogP) is 0.651. The topological polar surface area (TPSA) is 101 Å². The van der Waals surface area contributed by atoms with Crippen LogP contribution in [0.15, 0.2) is 0 Å². The fraction of sp³-hybridized carbons (Fsp3) is 0.933. The van der Waals surface area contributed by atoms with Crippen LogP contribution in [0.2, 0.25) is 0 Å². The van der Waals surface area contributed by atoms with Crippen LogP contribution in [0.1, 0.15) is 46.0 Å². The predicted molar refractivity (Wildman–Crippen MR) is 78.7 cm³/mol. The Hall–Kier alpha value is -0.690. The molecule has 0 spiro atoms. The molecule has 21 heavy (non-hydrogen) atoms. The van der Waals surface area contributed by atoms with Crippen molar-refractivity contribution in [3.05, 3.63) is 0 Å². The standard InChI is InChI=1S/C15H29NO5/c1-11(2)9-12(10-17)5-3-4-7-16-8-6-13(18)15(16,21)14(19)20/h11-13,17-18,21H,3-10H2,1-2H3,(H,19,20). The Bertz CT molecular complexity index is 336. The molecular formula is C15H29NO5. The van der Waals surface area contributed by atoms with Gasteiger partial charge in [0.15, 0.2) is 0 Å². The summed E-state index contributed by atoms with van der Waals surface area (Å²) >= 11 is 0. The number of aliphatic hydroxyl groups excluding tert-OH is 2. The van der Waals surface area contributed by atoms with E-state index in [4.69, 9.17) is 5.11 Å². The number of aliphatic carboxylic acids is 1. The van der Waals surface area contributed by atoms with Gasteiger partial charge in [-0.05, 0) is 37.5 Å². The van der Waals surface area contributed by atoms with E-state index >= 15 is 0 Å². The molecule has 6 heteroatoms. The molecule has 0 bridgehead atoms. The summed E-state index contributed by atoms with van der Waals surface area (Å²) in [6.07, 6.45) is 2.54. The minimum absolute atomic E-state index is 0.180. The van der Waals surface area contributed by atoms with Crippen molar-refractivity contribution in [2.75, 3.05) is 19.7 Å². The quantitative estimate of drug-likeness (QED) is 0.467. The van der Waals surface area contributed by atoms with E-state index in [2.05, 4.69) is 13.8 Å². The van der Waals surface area contributed by atoms with Gasteiger partial charge in [-0.3, -0.25) is 4.90 Å². The van der Waals surface area contributed by atoms with E-state index in [0.717, 1.165) is 25.7 Å². The van der Waals surface area contributed by atoms with Crippen LogP contribution in [0.3, 0.4) is 0 Å². The van der Waals surface area contributed by atoms with Crippen LogP contribution in [-0.4, -0.2) is 62.8 Å². The van der Waals surface area contributed by atoms with Crippen LogP contribution >= 0.6 is 0 Å². The van der Waals surface area contributed by atoms with Gasteiger partial charge in [0, 0.05) is 19.7 Å². The Morgan fingerprint density at radius 3 is 2.57 bits per heavy atom. The van der Waals surface area contributed by atoms with E-state index in [-0.39, 0.29) is 18.9 Å². The average Bonchev–Trinajstić information content (AvgIpc) is 2.70. The van der Waals surface area contributed by atoms with Crippen molar-refractivity contribution in [2.45, 2.75) is 57.8 Å². The summed E-state index contributed by atoms with van der Waals surface area (Å²) in [5, 5.41) is 38.2. The SMILES string of the molecule is CC(C)CC(CO)CCCCN1CCC(O)C1(O)C(=O)O. The van der Waals surface area contributed by atoms with Gasteiger partial charge in [-0.15, -0.1) is 0 Å². The zero-order valence-corrected chi connectivity index (χ0v) is 13.0. The van der Waals surface area contributed by atoms with Crippen LogP contribution in [0.5, 0.6) is 0 Å². The minimum Gasteiger partial charge on any atom is -0.478 e. The first-order valence-electron chi connectivity index (χ1n) is 7.82. The van der Waals surface area contributed by atoms with Gasteiger partial charge in [-0.25, -0.2) is 4.79 Å². The van der Waals surface area contributed by atoms with Gasteiger partial charge >= 0.3 is 5.97 Å². The Morgan fingerprint density at radius 1 is 1.38 bits per heavy atom. The summed E-state index contributed by atoms with van der Waals surface area (Å²) in [5.74, 6) is -0.555. The van der Waals surface area contributed by atoms with Crippen molar-refractivity contribution in [2.24, 2.45) is 11.8 Å².